The Labute approximate surface area is 204 Å². The molecule has 1 saturated heterocycles. The maximum Gasteiger partial charge on any atom is 0.356 e. The van der Waals surface area contributed by atoms with Crippen molar-refractivity contribution in [3.63, 3.8) is 0 Å². The Bertz CT molecular complexity index is 1370. The lowest BCUT2D eigenvalue weighted by atomic mass is 9.99. The molecule has 0 aliphatic carbocycles. The topological polar surface area (TPSA) is 119 Å². The van der Waals surface area contributed by atoms with Crippen LogP contribution < -0.4 is 15.8 Å². The second-order valence-corrected chi connectivity index (χ2v) is 10.3. The van der Waals surface area contributed by atoms with Crippen molar-refractivity contribution in [3.05, 3.63) is 57.9 Å². The highest BCUT2D eigenvalue weighted by Crippen LogP contribution is 2.38. The van der Waals surface area contributed by atoms with Gasteiger partial charge in [-0.05, 0) is 62.4 Å². The Morgan fingerprint density at radius 2 is 1.69 bits per heavy atom. The SMILES string of the molecule is CCc1c(P(=O)(O)O)ccc2c(=O)n(CC)c(O)c(C=Nc3ccc(N4CCN(C)CC4)cc3)c12. The molecule has 0 atom stereocenters. The van der Waals surface area contributed by atoms with Gasteiger partial charge in [0.2, 0.25) is 5.88 Å². The molecule has 186 valence electrons. The zero-order chi connectivity index (χ0) is 25.3. The molecule has 0 spiro atoms. The summed E-state index contributed by atoms with van der Waals surface area (Å²) in [6.07, 6.45) is 1.74. The van der Waals surface area contributed by atoms with E-state index in [2.05, 4.69) is 21.8 Å². The van der Waals surface area contributed by atoms with Crippen molar-refractivity contribution in [2.75, 3.05) is 38.1 Å². The molecule has 0 bridgehead atoms. The summed E-state index contributed by atoms with van der Waals surface area (Å²) in [5, 5.41) is 11.4. The first kappa shape index (κ1) is 25.1. The van der Waals surface area contributed by atoms with Crippen LogP contribution in [0.25, 0.3) is 10.8 Å². The van der Waals surface area contributed by atoms with Crippen molar-refractivity contribution in [3.8, 4) is 5.88 Å². The molecule has 1 aliphatic rings. The quantitative estimate of drug-likeness (QED) is 0.353. The van der Waals surface area contributed by atoms with E-state index < -0.39 is 13.2 Å². The van der Waals surface area contributed by atoms with E-state index >= 15 is 0 Å². The standard InChI is InChI=1S/C25H31N4O5P/c1-4-19-22(35(32,33)34)11-10-20-23(19)21(25(31)29(5-2)24(20)30)16-26-17-6-8-18(9-7-17)28-14-12-27(3)13-15-28/h6-11,16,31H,4-5,12-15H2,1-3H3,(H2,32,33,34). The number of fused-ring (bicyclic) bond motifs is 1. The van der Waals surface area contributed by atoms with Crippen LogP contribution in [0.3, 0.4) is 0 Å². The van der Waals surface area contributed by atoms with Crippen LogP contribution in [0.15, 0.2) is 46.2 Å². The average Bonchev–Trinajstić information content (AvgIpc) is 2.84. The van der Waals surface area contributed by atoms with Crippen LogP contribution in [0.5, 0.6) is 5.88 Å². The van der Waals surface area contributed by atoms with Gasteiger partial charge in [0.25, 0.3) is 5.56 Å². The van der Waals surface area contributed by atoms with E-state index in [0.717, 1.165) is 31.9 Å². The molecule has 9 nitrogen and oxygen atoms in total. The molecular weight excluding hydrogens is 467 g/mol. The van der Waals surface area contributed by atoms with E-state index in [4.69, 9.17) is 0 Å². The van der Waals surface area contributed by atoms with E-state index in [9.17, 15) is 24.3 Å². The molecule has 2 aromatic carbocycles. The van der Waals surface area contributed by atoms with Crippen LogP contribution in [0, 0.1) is 0 Å². The van der Waals surface area contributed by atoms with E-state index in [1.54, 1.807) is 13.8 Å². The Balaban J connectivity index is 1.80. The van der Waals surface area contributed by atoms with Crippen molar-refractivity contribution in [2.24, 2.45) is 4.99 Å². The molecule has 1 aromatic heterocycles. The van der Waals surface area contributed by atoms with Gasteiger partial charge >= 0.3 is 7.60 Å². The van der Waals surface area contributed by atoms with Crippen molar-refractivity contribution >= 4 is 41.3 Å². The number of benzene rings is 2. The summed E-state index contributed by atoms with van der Waals surface area (Å²) in [5.74, 6) is -0.277. The zero-order valence-electron chi connectivity index (χ0n) is 20.2. The van der Waals surface area contributed by atoms with Gasteiger partial charge in [-0.1, -0.05) is 6.92 Å². The zero-order valence-corrected chi connectivity index (χ0v) is 21.1. The number of piperazine rings is 1. The smallest absolute Gasteiger partial charge is 0.356 e. The molecule has 0 radical (unpaired) electrons. The molecule has 0 saturated carbocycles. The number of nitrogens with zero attached hydrogens (tertiary/aromatic N) is 4. The molecule has 2 heterocycles. The first-order valence-corrected chi connectivity index (χ1v) is 13.3. The van der Waals surface area contributed by atoms with Crippen LogP contribution in [0.2, 0.25) is 0 Å². The van der Waals surface area contributed by atoms with Gasteiger partial charge < -0.3 is 24.7 Å². The lowest BCUT2D eigenvalue weighted by molar-refractivity contribution is 0.313. The maximum atomic E-state index is 13.0. The fourth-order valence-corrected chi connectivity index (χ4v) is 5.51. The maximum absolute atomic E-state index is 13.0. The molecule has 3 N–H and O–H groups in total. The van der Waals surface area contributed by atoms with Crippen LogP contribution in [0.1, 0.15) is 25.0 Å². The third-order valence-corrected chi connectivity index (χ3v) is 7.62. The second-order valence-electron chi connectivity index (χ2n) is 8.73. The minimum absolute atomic E-state index is 0.147. The number of aryl methyl sites for hydroxylation is 1. The molecule has 3 aromatic rings. The second kappa shape index (κ2) is 9.95. The van der Waals surface area contributed by atoms with E-state index in [0.29, 0.717) is 16.6 Å². The fourth-order valence-electron chi connectivity index (χ4n) is 4.62. The lowest BCUT2D eigenvalue weighted by Crippen LogP contribution is -2.44. The Kier molecular flexibility index (Phi) is 7.15. The van der Waals surface area contributed by atoms with Gasteiger partial charge in [-0.25, -0.2) is 0 Å². The molecule has 4 rings (SSSR count). The molecular formula is C25H31N4O5P. The first-order valence-electron chi connectivity index (χ1n) is 11.7. The minimum atomic E-state index is -4.59. The number of aromatic nitrogens is 1. The van der Waals surface area contributed by atoms with Gasteiger partial charge in [-0.15, -0.1) is 0 Å². The highest BCUT2D eigenvalue weighted by molar-refractivity contribution is 7.60. The number of pyridine rings is 1. The Morgan fingerprint density at radius 1 is 1.03 bits per heavy atom. The molecule has 0 unspecified atom stereocenters. The number of aromatic hydroxyl groups is 1. The monoisotopic (exact) mass is 498 g/mol. The molecule has 0 amide bonds. The largest absolute Gasteiger partial charge is 0.494 e. The van der Waals surface area contributed by atoms with E-state index in [1.165, 1.54) is 22.9 Å². The summed E-state index contributed by atoms with van der Waals surface area (Å²) >= 11 is 0. The summed E-state index contributed by atoms with van der Waals surface area (Å²) in [7, 11) is -2.47. The van der Waals surface area contributed by atoms with E-state index in [-0.39, 0.29) is 35.1 Å². The van der Waals surface area contributed by atoms with Gasteiger partial charge in [0, 0.05) is 55.4 Å². The van der Waals surface area contributed by atoms with Crippen molar-refractivity contribution in [1.29, 1.82) is 0 Å². The van der Waals surface area contributed by atoms with Gasteiger partial charge in [0.15, 0.2) is 0 Å². The first-order chi connectivity index (χ1) is 16.7. The fraction of sp³-hybridized carbons (Fsp3) is 0.360. The predicted molar refractivity (Wildman–Crippen MR) is 140 cm³/mol. The minimum Gasteiger partial charge on any atom is -0.494 e. The highest BCUT2D eigenvalue weighted by Gasteiger charge is 2.26. The molecule has 35 heavy (non-hydrogen) atoms. The summed E-state index contributed by atoms with van der Waals surface area (Å²) in [6, 6.07) is 10.5. The number of anilines is 1. The van der Waals surface area contributed by atoms with Gasteiger partial charge in [0.05, 0.1) is 16.6 Å². The Hall–Kier alpha value is -2.97. The van der Waals surface area contributed by atoms with E-state index in [1.807, 2.05) is 24.3 Å². The van der Waals surface area contributed by atoms with Gasteiger partial charge in [0.1, 0.15) is 0 Å². The molecule has 1 fully saturated rings. The van der Waals surface area contributed by atoms with Crippen LogP contribution >= 0.6 is 7.60 Å². The predicted octanol–water partition coefficient (Wildman–Crippen LogP) is 2.59. The third kappa shape index (κ3) is 4.90. The van der Waals surface area contributed by atoms with Crippen molar-refractivity contribution in [1.82, 2.24) is 9.47 Å². The highest BCUT2D eigenvalue weighted by atomic mass is 31.2. The summed E-state index contributed by atoms with van der Waals surface area (Å²) in [4.78, 5) is 41.9. The third-order valence-electron chi connectivity index (χ3n) is 6.57. The van der Waals surface area contributed by atoms with Crippen LogP contribution in [-0.4, -0.2) is 63.8 Å². The summed E-state index contributed by atoms with van der Waals surface area (Å²) < 4.78 is 13.4. The molecule has 1 aliphatic heterocycles. The van der Waals surface area contributed by atoms with Crippen LogP contribution in [-0.2, 0) is 17.5 Å². The normalized spacial score (nSPS) is 15.4. The average molecular weight is 499 g/mol. The number of hydrogen-bond donors (Lipinski definition) is 3. The lowest BCUT2D eigenvalue weighted by Gasteiger charge is -2.34. The van der Waals surface area contributed by atoms with Crippen molar-refractivity contribution < 1.29 is 19.5 Å². The van der Waals surface area contributed by atoms with Crippen LogP contribution in [0.4, 0.5) is 11.4 Å². The van der Waals surface area contributed by atoms with Crippen molar-refractivity contribution in [2.45, 2.75) is 26.8 Å². The number of hydrogen-bond acceptors (Lipinski definition) is 6. The summed E-state index contributed by atoms with van der Waals surface area (Å²) in [6.45, 7) is 7.68. The van der Waals surface area contributed by atoms with Gasteiger partial charge in [-0.2, -0.15) is 0 Å². The number of aliphatic imine (C=N–C) groups is 1. The summed E-state index contributed by atoms with van der Waals surface area (Å²) in [5.41, 5.74) is 1.95. The van der Waals surface area contributed by atoms with Gasteiger partial charge in [-0.3, -0.25) is 18.9 Å². The molecule has 10 heteroatoms. The number of rotatable bonds is 6. The number of likely N-dealkylation sites (N-methyl/N-ethyl adjacent to an activating group) is 1. The Morgan fingerprint density at radius 3 is 2.26 bits per heavy atom.